The lowest BCUT2D eigenvalue weighted by atomic mass is 9.84. The van der Waals surface area contributed by atoms with E-state index in [2.05, 4.69) is 141 Å². The van der Waals surface area contributed by atoms with Gasteiger partial charge < -0.3 is 4.74 Å². The first-order valence-corrected chi connectivity index (χ1v) is 21.0. The Hall–Kier alpha value is -1.34. The molecule has 1 heteroatoms. The van der Waals surface area contributed by atoms with E-state index in [0.29, 0.717) is 6.10 Å². The largest absolute Gasteiger partial charge is 0.379 e. The summed E-state index contributed by atoms with van der Waals surface area (Å²) in [6.07, 6.45) is 24.4. The van der Waals surface area contributed by atoms with Gasteiger partial charge in [-0.15, -0.1) is 0 Å². The van der Waals surface area contributed by atoms with Gasteiger partial charge >= 0.3 is 0 Å². The molecular weight excluding hydrogens is 593 g/mol. The average molecular weight is 683 g/mol. The van der Waals surface area contributed by atoms with Crippen LogP contribution in [-0.2, 0) is 4.74 Å². The third kappa shape index (κ3) is 33.6. The molecule has 3 aliphatic carbocycles. The molecule has 0 radical (unpaired) electrons. The van der Waals surface area contributed by atoms with Gasteiger partial charge in [0, 0.05) is 6.61 Å². The van der Waals surface area contributed by atoms with Gasteiger partial charge in [0.05, 0.1) is 6.10 Å². The topological polar surface area (TPSA) is 9.23 Å². The Kier molecular flexibility index (Phi) is 31.9. The molecule has 0 bridgehead atoms. The second kappa shape index (κ2) is 31.4. The maximum atomic E-state index is 5.19. The number of rotatable bonds is 7. The summed E-state index contributed by atoms with van der Waals surface area (Å²) in [5.41, 5.74) is 7.28. The van der Waals surface area contributed by atoms with Gasteiger partial charge in [0.15, 0.2) is 0 Å². The summed E-state index contributed by atoms with van der Waals surface area (Å²) in [5.74, 6) is 5.75. The molecule has 3 unspecified atom stereocenters. The highest BCUT2D eigenvalue weighted by Gasteiger charge is 2.13. The van der Waals surface area contributed by atoms with Crippen LogP contribution in [-0.4, -0.2) is 12.7 Å². The Morgan fingerprint density at radius 3 is 1.35 bits per heavy atom. The number of aryl methyl sites for hydroxylation is 3. The van der Waals surface area contributed by atoms with Crippen LogP contribution >= 0.6 is 0 Å². The molecular formula is C48H90O. The monoisotopic (exact) mass is 683 g/mol. The van der Waals surface area contributed by atoms with E-state index in [4.69, 9.17) is 4.74 Å². The van der Waals surface area contributed by atoms with Crippen molar-refractivity contribution in [3.8, 4) is 0 Å². The summed E-state index contributed by atoms with van der Waals surface area (Å²) in [4.78, 5) is 0. The van der Waals surface area contributed by atoms with Gasteiger partial charge in [-0.3, -0.25) is 0 Å². The number of allylic oxidation sites excluding steroid dienone is 4. The summed E-state index contributed by atoms with van der Waals surface area (Å²) in [6, 6.07) is 6.50. The van der Waals surface area contributed by atoms with Crippen LogP contribution < -0.4 is 0 Å². The molecule has 4 rings (SSSR count). The van der Waals surface area contributed by atoms with Gasteiger partial charge in [0.2, 0.25) is 0 Å². The second-order valence-corrected chi connectivity index (χ2v) is 17.2. The maximum absolute atomic E-state index is 5.19. The maximum Gasteiger partial charge on any atom is 0.0518 e. The predicted molar refractivity (Wildman–Crippen MR) is 226 cm³/mol. The number of hydrogen-bond donors (Lipinski definition) is 0. The molecule has 1 aromatic carbocycles. The molecule has 0 spiro atoms. The van der Waals surface area contributed by atoms with Crippen LogP contribution in [0.2, 0.25) is 0 Å². The molecule has 1 saturated carbocycles. The van der Waals surface area contributed by atoms with E-state index in [1.807, 2.05) is 0 Å². The Bertz CT molecular complexity index is 904. The zero-order valence-corrected chi connectivity index (χ0v) is 36.4. The van der Waals surface area contributed by atoms with Crippen molar-refractivity contribution in [2.75, 3.05) is 6.61 Å². The summed E-state index contributed by atoms with van der Waals surface area (Å²) in [7, 11) is 0. The summed E-state index contributed by atoms with van der Waals surface area (Å²) in [6.45, 7) is 36.5. The smallest absolute Gasteiger partial charge is 0.0518 e. The van der Waals surface area contributed by atoms with Crippen LogP contribution in [0.5, 0.6) is 0 Å². The van der Waals surface area contributed by atoms with Crippen LogP contribution in [0.4, 0.5) is 0 Å². The molecule has 3 atom stereocenters. The normalized spacial score (nSPS) is 22.1. The van der Waals surface area contributed by atoms with Crippen molar-refractivity contribution in [1.29, 1.82) is 0 Å². The lowest BCUT2D eigenvalue weighted by Crippen LogP contribution is -2.08. The van der Waals surface area contributed by atoms with Gasteiger partial charge in [0.1, 0.15) is 0 Å². The minimum Gasteiger partial charge on any atom is -0.379 e. The lowest BCUT2D eigenvalue weighted by molar-refractivity contribution is 0.0794. The molecule has 49 heavy (non-hydrogen) atoms. The zero-order chi connectivity index (χ0) is 37.8. The molecule has 288 valence electrons. The summed E-state index contributed by atoms with van der Waals surface area (Å²) < 4.78 is 5.19. The van der Waals surface area contributed by atoms with Crippen molar-refractivity contribution >= 4 is 0 Å². The fourth-order valence-corrected chi connectivity index (χ4v) is 5.69. The van der Waals surface area contributed by atoms with Crippen LogP contribution in [0.15, 0.2) is 41.5 Å². The van der Waals surface area contributed by atoms with Crippen molar-refractivity contribution < 1.29 is 4.74 Å². The molecule has 0 N–H and O–H groups in total. The lowest BCUT2D eigenvalue weighted by Gasteiger charge is -2.22. The van der Waals surface area contributed by atoms with E-state index in [0.717, 1.165) is 48.5 Å². The number of benzene rings is 1. The fraction of sp³-hybridized carbons (Fsp3) is 0.792. The molecule has 0 saturated heterocycles. The summed E-state index contributed by atoms with van der Waals surface area (Å²) in [5, 5.41) is 0. The molecule has 0 heterocycles. The second-order valence-electron chi connectivity index (χ2n) is 17.2. The first kappa shape index (κ1) is 49.8. The van der Waals surface area contributed by atoms with Crippen molar-refractivity contribution in [2.45, 2.75) is 207 Å². The molecule has 1 nitrogen and oxygen atoms in total. The molecule has 0 aromatic heterocycles. The van der Waals surface area contributed by atoms with E-state index in [1.165, 1.54) is 100 Å². The molecule has 0 amide bonds. The third-order valence-corrected chi connectivity index (χ3v) is 10.4. The van der Waals surface area contributed by atoms with Crippen molar-refractivity contribution in [2.24, 2.45) is 35.5 Å². The van der Waals surface area contributed by atoms with Crippen LogP contribution in [0.1, 0.15) is 197 Å². The first-order valence-electron chi connectivity index (χ1n) is 21.0. The number of hydrogen-bond acceptors (Lipinski definition) is 1. The van der Waals surface area contributed by atoms with E-state index in [9.17, 15) is 0 Å². The SMILES string of the molecule is CC1=CCC(C)CC1.CC1=CCC(C)CC1.CC1CCC(C)CC1.CCC(C)CCC(C)C.CCCOC(C)C.Cc1ccc(C)c(C)c1. The highest BCUT2D eigenvalue weighted by atomic mass is 16.5. The Labute approximate surface area is 311 Å². The first-order chi connectivity index (χ1) is 23.0. The minimum atomic E-state index is 0.403. The van der Waals surface area contributed by atoms with Crippen LogP contribution in [0, 0.1) is 56.3 Å². The van der Waals surface area contributed by atoms with Gasteiger partial charge in [-0.05, 0) is 140 Å². The third-order valence-electron chi connectivity index (χ3n) is 10.4. The van der Waals surface area contributed by atoms with Gasteiger partial charge in [-0.1, -0.05) is 154 Å². The van der Waals surface area contributed by atoms with Crippen LogP contribution in [0.3, 0.4) is 0 Å². The average Bonchev–Trinajstić information content (AvgIpc) is 3.06. The Morgan fingerprint density at radius 2 is 1.08 bits per heavy atom. The van der Waals surface area contributed by atoms with Gasteiger partial charge in [-0.2, -0.15) is 0 Å². The van der Waals surface area contributed by atoms with E-state index >= 15 is 0 Å². The van der Waals surface area contributed by atoms with Crippen molar-refractivity contribution in [1.82, 2.24) is 0 Å². The van der Waals surface area contributed by atoms with E-state index < -0.39 is 0 Å². The quantitative estimate of drug-likeness (QED) is 0.260. The van der Waals surface area contributed by atoms with Crippen LogP contribution in [0.25, 0.3) is 0 Å². The Morgan fingerprint density at radius 1 is 0.612 bits per heavy atom. The van der Waals surface area contributed by atoms with E-state index in [-0.39, 0.29) is 0 Å². The van der Waals surface area contributed by atoms with Gasteiger partial charge in [0.25, 0.3) is 0 Å². The van der Waals surface area contributed by atoms with Crippen molar-refractivity contribution in [3.63, 3.8) is 0 Å². The fourth-order valence-electron chi connectivity index (χ4n) is 5.69. The molecule has 1 fully saturated rings. The van der Waals surface area contributed by atoms with Crippen molar-refractivity contribution in [3.05, 3.63) is 58.2 Å². The minimum absolute atomic E-state index is 0.403. The Balaban J connectivity index is 0. The summed E-state index contributed by atoms with van der Waals surface area (Å²) >= 11 is 0. The molecule has 0 aliphatic heterocycles. The standard InChI is InChI=1S/C9H12.C9H20.C8H16.2C8H14.C6H14O/c1-7-4-5-8(2)9(3)6-7;1-5-9(4)7-6-8(2)3;3*1-7-3-5-8(2)6-4-7;1-4-5-7-6(2)3/h4-6H,1-3H3;8-9H,5-7H2,1-4H3;7-8H,3-6H2,1-2H3;2*3,8H,4-6H2,1-2H3;6H,4-5H2,1-3H3. The van der Waals surface area contributed by atoms with Gasteiger partial charge in [-0.25, -0.2) is 0 Å². The number of ether oxygens (including phenoxy) is 1. The predicted octanol–water partition coefficient (Wildman–Crippen LogP) is 16.2. The molecule has 1 aromatic rings. The zero-order valence-electron chi connectivity index (χ0n) is 36.4. The van der Waals surface area contributed by atoms with E-state index in [1.54, 1.807) is 11.1 Å². The molecule has 3 aliphatic rings. The highest BCUT2D eigenvalue weighted by molar-refractivity contribution is 5.28. The highest BCUT2D eigenvalue weighted by Crippen LogP contribution is 2.27.